The molecule has 0 aromatic heterocycles. The van der Waals surface area contributed by atoms with Gasteiger partial charge in [-0.2, -0.15) is 4.31 Å². The number of esters is 1. The third-order valence-electron chi connectivity index (χ3n) is 4.06. The molecular formula is C17H24N2O6S. The number of carbonyl (C=O) groups excluding carboxylic acids is 2. The minimum atomic E-state index is -3.73. The largest absolute Gasteiger partial charge is 0.460 e. The van der Waals surface area contributed by atoms with E-state index in [0.717, 1.165) is 0 Å². The Morgan fingerprint density at radius 2 is 1.81 bits per heavy atom. The number of rotatable bonds is 7. The Bertz CT molecular complexity index is 741. The molecule has 1 heterocycles. The highest BCUT2D eigenvalue weighted by Gasteiger charge is 2.29. The summed E-state index contributed by atoms with van der Waals surface area (Å²) in [6.45, 7) is 5.40. The van der Waals surface area contributed by atoms with Crippen molar-refractivity contribution in [3.05, 3.63) is 29.8 Å². The van der Waals surface area contributed by atoms with Crippen molar-refractivity contribution >= 4 is 21.9 Å². The molecule has 0 unspecified atom stereocenters. The van der Waals surface area contributed by atoms with Gasteiger partial charge in [-0.25, -0.2) is 13.2 Å². The van der Waals surface area contributed by atoms with Crippen molar-refractivity contribution in [2.75, 3.05) is 46.0 Å². The molecular weight excluding hydrogens is 360 g/mol. The summed E-state index contributed by atoms with van der Waals surface area (Å²) in [5.74, 6) is -0.665. The average Bonchev–Trinajstić information content (AvgIpc) is 2.65. The second-order valence-corrected chi connectivity index (χ2v) is 7.71. The quantitative estimate of drug-likeness (QED) is 0.508. The van der Waals surface area contributed by atoms with Crippen LogP contribution in [0.4, 0.5) is 0 Å². The fourth-order valence-electron chi connectivity index (χ4n) is 2.60. The van der Waals surface area contributed by atoms with E-state index in [1.807, 2.05) is 6.92 Å². The summed E-state index contributed by atoms with van der Waals surface area (Å²) in [7, 11) is -3.73. The van der Waals surface area contributed by atoms with E-state index >= 15 is 0 Å². The molecule has 0 atom stereocenters. The minimum Gasteiger partial charge on any atom is -0.460 e. The normalized spacial score (nSPS) is 15.7. The lowest BCUT2D eigenvalue weighted by molar-refractivity contribution is -0.129. The number of sulfonamides is 1. The van der Waals surface area contributed by atoms with Gasteiger partial charge in [0, 0.05) is 39.7 Å². The van der Waals surface area contributed by atoms with Gasteiger partial charge in [-0.1, -0.05) is 6.07 Å². The third-order valence-corrected chi connectivity index (χ3v) is 5.95. The van der Waals surface area contributed by atoms with Crippen molar-refractivity contribution in [2.24, 2.45) is 0 Å². The summed E-state index contributed by atoms with van der Waals surface area (Å²) in [5.41, 5.74) is 0.171. The Labute approximate surface area is 153 Å². The minimum absolute atomic E-state index is 0.0352. The first-order valence-electron chi connectivity index (χ1n) is 8.47. The molecule has 144 valence electrons. The number of carbonyl (C=O) groups is 2. The van der Waals surface area contributed by atoms with Crippen molar-refractivity contribution in [3.8, 4) is 0 Å². The lowest BCUT2D eigenvalue weighted by Crippen LogP contribution is -2.49. The van der Waals surface area contributed by atoms with Crippen molar-refractivity contribution in [3.63, 3.8) is 0 Å². The zero-order valence-electron chi connectivity index (χ0n) is 15.0. The molecule has 0 N–H and O–H groups in total. The second kappa shape index (κ2) is 9.11. The zero-order chi connectivity index (χ0) is 19.2. The van der Waals surface area contributed by atoms with Crippen molar-refractivity contribution in [1.82, 2.24) is 9.21 Å². The number of hydrogen-bond donors (Lipinski definition) is 0. The number of ether oxygens (including phenoxy) is 2. The van der Waals surface area contributed by atoms with Gasteiger partial charge >= 0.3 is 5.97 Å². The average molecular weight is 384 g/mol. The molecule has 1 aliphatic heterocycles. The summed E-state index contributed by atoms with van der Waals surface area (Å²) in [6.07, 6.45) is 0. The maximum Gasteiger partial charge on any atom is 0.338 e. The van der Waals surface area contributed by atoms with Crippen LogP contribution in [0.1, 0.15) is 24.2 Å². The number of benzene rings is 1. The molecule has 9 heteroatoms. The molecule has 26 heavy (non-hydrogen) atoms. The van der Waals surface area contributed by atoms with Gasteiger partial charge in [0.25, 0.3) is 0 Å². The van der Waals surface area contributed by atoms with E-state index in [1.54, 1.807) is 4.90 Å². The maximum atomic E-state index is 12.8. The van der Waals surface area contributed by atoms with Crippen molar-refractivity contribution < 1.29 is 27.5 Å². The first-order valence-corrected chi connectivity index (χ1v) is 9.91. The number of hydrogen-bond acceptors (Lipinski definition) is 6. The predicted molar refractivity (Wildman–Crippen MR) is 94.2 cm³/mol. The Morgan fingerprint density at radius 3 is 2.42 bits per heavy atom. The first kappa shape index (κ1) is 20.3. The molecule has 1 aromatic carbocycles. The molecule has 1 saturated heterocycles. The summed E-state index contributed by atoms with van der Waals surface area (Å²) in [5, 5.41) is 0. The molecule has 2 rings (SSSR count). The summed E-state index contributed by atoms with van der Waals surface area (Å²) in [6, 6.07) is 5.78. The smallest absolute Gasteiger partial charge is 0.338 e. The van der Waals surface area contributed by atoms with Gasteiger partial charge in [-0.05, 0) is 25.1 Å². The number of piperazine rings is 1. The summed E-state index contributed by atoms with van der Waals surface area (Å²) >= 11 is 0. The van der Waals surface area contributed by atoms with Crippen LogP contribution in [0.25, 0.3) is 0 Å². The molecule has 0 bridgehead atoms. The van der Waals surface area contributed by atoms with Crippen LogP contribution in [0.15, 0.2) is 29.2 Å². The highest BCUT2D eigenvalue weighted by Crippen LogP contribution is 2.19. The van der Waals surface area contributed by atoms with E-state index in [2.05, 4.69) is 0 Å². The van der Waals surface area contributed by atoms with Gasteiger partial charge in [-0.15, -0.1) is 0 Å². The third kappa shape index (κ3) is 5.03. The van der Waals surface area contributed by atoms with Crippen LogP contribution in [0.2, 0.25) is 0 Å². The monoisotopic (exact) mass is 384 g/mol. The van der Waals surface area contributed by atoms with Crippen LogP contribution < -0.4 is 0 Å². The van der Waals surface area contributed by atoms with E-state index in [-0.39, 0.29) is 36.1 Å². The molecule has 1 aromatic rings. The van der Waals surface area contributed by atoms with Crippen molar-refractivity contribution in [1.29, 1.82) is 0 Å². The fourth-order valence-corrected chi connectivity index (χ4v) is 4.07. The van der Waals surface area contributed by atoms with E-state index < -0.39 is 16.0 Å². The van der Waals surface area contributed by atoms with Crippen LogP contribution in [0.5, 0.6) is 0 Å². The van der Waals surface area contributed by atoms with Gasteiger partial charge in [-0.3, -0.25) is 4.79 Å². The SMILES string of the molecule is CCOCCOC(=O)c1cccc(S(=O)(=O)N2CCN(C(C)=O)CC2)c1. The number of nitrogens with zero attached hydrogens (tertiary/aromatic N) is 2. The fraction of sp³-hybridized carbons (Fsp3) is 0.529. The number of amides is 1. The predicted octanol–water partition coefficient (Wildman–Crippen LogP) is 0.733. The molecule has 0 radical (unpaired) electrons. The van der Waals surface area contributed by atoms with Gasteiger partial charge in [0.05, 0.1) is 17.1 Å². The van der Waals surface area contributed by atoms with Gasteiger partial charge in [0.2, 0.25) is 15.9 Å². The Morgan fingerprint density at radius 1 is 1.12 bits per heavy atom. The van der Waals surface area contributed by atoms with Crippen LogP contribution in [-0.4, -0.2) is 75.5 Å². The van der Waals surface area contributed by atoms with Gasteiger partial charge in [0.1, 0.15) is 6.61 Å². The van der Waals surface area contributed by atoms with Crippen LogP contribution in [-0.2, 0) is 24.3 Å². The molecule has 0 aliphatic carbocycles. The molecule has 1 aliphatic rings. The molecule has 0 spiro atoms. The topological polar surface area (TPSA) is 93.2 Å². The van der Waals surface area contributed by atoms with E-state index in [4.69, 9.17) is 9.47 Å². The molecule has 1 amide bonds. The zero-order valence-corrected chi connectivity index (χ0v) is 15.8. The lowest BCUT2D eigenvalue weighted by Gasteiger charge is -2.33. The molecule has 8 nitrogen and oxygen atoms in total. The molecule has 1 fully saturated rings. The highest BCUT2D eigenvalue weighted by molar-refractivity contribution is 7.89. The summed E-state index contributed by atoms with van der Waals surface area (Å²) < 4.78 is 37.1. The van der Waals surface area contributed by atoms with Gasteiger partial charge in [0.15, 0.2) is 0 Å². The van der Waals surface area contributed by atoms with Gasteiger partial charge < -0.3 is 14.4 Å². The highest BCUT2D eigenvalue weighted by atomic mass is 32.2. The standard InChI is InChI=1S/C17H24N2O6S/c1-3-24-11-12-25-17(21)15-5-4-6-16(13-15)26(22,23)19-9-7-18(8-10-19)14(2)20/h4-6,13H,3,7-12H2,1-2H3. The molecule has 0 saturated carbocycles. The Kier molecular flexibility index (Phi) is 7.13. The Balaban J connectivity index is 2.06. The first-order chi connectivity index (χ1) is 12.4. The van der Waals surface area contributed by atoms with Crippen LogP contribution in [0, 0.1) is 0 Å². The van der Waals surface area contributed by atoms with Crippen LogP contribution >= 0.6 is 0 Å². The van der Waals surface area contributed by atoms with E-state index in [1.165, 1.54) is 35.5 Å². The van der Waals surface area contributed by atoms with Crippen LogP contribution in [0.3, 0.4) is 0 Å². The Hall–Kier alpha value is -1.97. The van der Waals surface area contributed by atoms with E-state index in [9.17, 15) is 18.0 Å². The second-order valence-electron chi connectivity index (χ2n) is 5.77. The van der Waals surface area contributed by atoms with Crippen molar-refractivity contribution in [2.45, 2.75) is 18.7 Å². The summed E-state index contributed by atoms with van der Waals surface area (Å²) in [4.78, 5) is 25.1. The van der Waals surface area contributed by atoms with E-state index in [0.29, 0.717) is 26.3 Å². The maximum absolute atomic E-state index is 12.8. The lowest BCUT2D eigenvalue weighted by atomic mass is 10.2.